The van der Waals surface area contributed by atoms with Gasteiger partial charge in [0.25, 0.3) is 0 Å². The number of aliphatic carboxylic acids is 1. The molecule has 1 heterocycles. The lowest BCUT2D eigenvalue weighted by Crippen LogP contribution is -2.40. The number of Topliss-reactive ketones (excluding diaryl/α,β-unsaturated/α-hetero) is 1. The molecule has 1 aromatic carbocycles. The van der Waals surface area contributed by atoms with Crippen molar-refractivity contribution >= 4 is 29.4 Å². The molecule has 5 rings (SSSR count). The molecule has 0 spiro atoms. The highest BCUT2D eigenvalue weighted by Gasteiger charge is 2.56. The fraction of sp³-hybridized carbons (Fsp3) is 0.433. The number of phenols is 1. The smallest absolute Gasteiger partial charge is 0.303 e. The Bertz CT molecular complexity index is 1380. The number of carboxylic acids is 1. The SMILES string of the molecule is COc1ccc(O)c(C2C3=CCC4C(=O)N(CCCCCC(=O)O)C(=O)C4C3CC3=C2C(=O)C(C)=CC3=O)c1. The van der Waals surface area contributed by atoms with Gasteiger partial charge in [0.1, 0.15) is 11.5 Å². The molecule has 3 aliphatic carbocycles. The Balaban J connectivity index is 1.52. The Morgan fingerprint density at radius 3 is 2.56 bits per heavy atom. The van der Waals surface area contributed by atoms with Crippen molar-refractivity contribution in [2.45, 2.75) is 51.4 Å². The summed E-state index contributed by atoms with van der Waals surface area (Å²) in [5.41, 5.74) is 2.14. The number of methoxy groups -OCH3 is 1. The molecule has 4 atom stereocenters. The van der Waals surface area contributed by atoms with E-state index in [9.17, 15) is 29.1 Å². The van der Waals surface area contributed by atoms with Crippen LogP contribution in [0, 0.1) is 17.8 Å². The number of aromatic hydroxyl groups is 1. The van der Waals surface area contributed by atoms with Crippen molar-refractivity contribution < 1.29 is 38.9 Å². The molecule has 9 nitrogen and oxygen atoms in total. The fourth-order valence-electron chi connectivity index (χ4n) is 6.62. The van der Waals surface area contributed by atoms with Crippen LogP contribution in [-0.4, -0.2) is 58.1 Å². The average molecular weight is 534 g/mol. The maximum atomic E-state index is 13.7. The summed E-state index contributed by atoms with van der Waals surface area (Å²) in [6.07, 6.45) is 5.33. The quantitative estimate of drug-likeness (QED) is 0.224. The molecule has 0 aromatic heterocycles. The molecule has 0 bridgehead atoms. The monoisotopic (exact) mass is 533 g/mol. The van der Waals surface area contributed by atoms with E-state index in [1.807, 2.05) is 6.08 Å². The summed E-state index contributed by atoms with van der Waals surface area (Å²) in [6.45, 7) is 1.82. The van der Waals surface area contributed by atoms with Crippen LogP contribution in [0.4, 0.5) is 0 Å². The van der Waals surface area contributed by atoms with Crippen LogP contribution in [0.15, 0.2) is 52.6 Å². The van der Waals surface area contributed by atoms with E-state index in [1.165, 1.54) is 24.2 Å². The average Bonchev–Trinajstić information content (AvgIpc) is 3.15. The number of imide groups is 1. The molecule has 1 aromatic rings. The minimum absolute atomic E-state index is 0.0408. The highest BCUT2D eigenvalue weighted by molar-refractivity contribution is 6.24. The number of amides is 2. The third-order valence-electron chi connectivity index (χ3n) is 8.47. The van der Waals surface area contributed by atoms with Crippen LogP contribution >= 0.6 is 0 Å². The maximum Gasteiger partial charge on any atom is 0.303 e. The maximum absolute atomic E-state index is 13.7. The minimum atomic E-state index is -0.878. The van der Waals surface area contributed by atoms with Crippen LogP contribution in [0.25, 0.3) is 0 Å². The van der Waals surface area contributed by atoms with Crippen LogP contribution in [0.2, 0.25) is 0 Å². The number of hydrogen-bond donors (Lipinski definition) is 2. The predicted octanol–water partition coefficient (Wildman–Crippen LogP) is 3.48. The van der Waals surface area contributed by atoms with Gasteiger partial charge in [-0.3, -0.25) is 28.9 Å². The van der Waals surface area contributed by atoms with Gasteiger partial charge in [-0.2, -0.15) is 0 Å². The number of rotatable bonds is 8. The molecule has 1 aliphatic heterocycles. The number of carboxylic acid groups (broad SMARTS) is 1. The zero-order valence-corrected chi connectivity index (χ0v) is 21.9. The van der Waals surface area contributed by atoms with Crippen molar-refractivity contribution in [2.24, 2.45) is 17.8 Å². The number of ketones is 2. The van der Waals surface area contributed by atoms with Gasteiger partial charge in [-0.05, 0) is 62.8 Å². The van der Waals surface area contributed by atoms with E-state index in [0.29, 0.717) is 53.7 Å². The number of likely N-dealkylation sites (tertiary alicyclic amines) is 1. The molecular weight excluding hydrogens is 502 g/mol. The number of phenolic OH excluding ortho intramolecular Hbond substituents is 1. The second-order valence-electron chi connectivity index (χ2n) is 10.7. The molecule has 2 N–H and O–H groups in total. The summed E-state index contributed by atoms with van der Waals surface area (Å²) in [7, 11) is 1.50. The Kier molecular flexibility index (Phi) is 7.01. The van der Waals surface area contributed by atoms with E-state index in [0.717, 1.165) is 5.57 Å². The predicted molar refractivity (Wildman–Crippen MR) is 139 cm³/mol. The summed E-state index contributed by atoms with van der Waals surface area (Å²) in [6, 6.07) is 4.74. The highest BCUT2D eigenvalue weighted by Crippen LogP contribution is 2.56. The second kappa shape index (κ2) is 10.3. The Morgan fingerprint density at radius 2 is 1.85 bits per heavy atom. The van der Waals surface area contributed by atoms with Crippen LogP contribution in [0.1, 0.15) is 56.9 Å². The number of allylic oxidation sites excluding steroid dienone is 6. The largest absolute Gasteiger partial charge is 0.508 e. The molecule has 0 saturated carbocycles. The first-order chi connectivity index (χ1) is 18.6. The van der Waals surface area contributed by atoms with Crippen LogP contribution in [-0.2, 0) is 24.0 Å². The number of carbonyl (C=O) groups is 5. The summed E-state index contributed by atoms with van der Waals surface area (Å²) in [5.74, 6) is -4.01. The van der Waals surface area contributed by atoms with Crippen molar-refractivity contribution in [3.05, 3.63) is 58.2 Å². The van der Waals surface area contributed by atoms with Gasteiger partial charge in [0, 0.05) is 41.2 Å². The topological polar surface area (TPSA) is 138 Å². The van der Waals surface area contributed by atoms with Crippen LogP contribution in [0.5, 0.6) is 11.5 Å². The molecule has 39 heavy (non-hydrogen) atoms. The number of hydrogen-bond acceptors (Lipinski definition) is 7. The van der Waals surface area contributed by atoms with Gasteiger partial charge in [-0.1, -0.05) is 18.1 Å². The lowest BCUT2D eigenvalue weighted by Gasteiger charge is -2.42. The molecule has 4 unspecified atom stereocenters. The number of carbonyl (C=O) groups excluding carboxylic acids is 4. The third kappa shape index (κ3) is 4.49. The zero-order chi connectivity index (χ0) is 28.0. The molecular formula is C30H31NO8. The van der Waals surface area contributed by atoms with E-state index < -0.39 is 29.6 Å². The molecule has 1 saturated heterocycles. The standard InChI is InChI=1S/C30H31NO8/c1-15-12-23(33)21-14-19-17(25(27(21)28(15)36)20-13-16(39-2)7-10-22(20)32)8-9-18-26(19)30(38)31(29(18)37)11-5-3-4-6-24(34)35/h7-8,10,12-13,18-19,25-26,32H,3-6,9,11,14H2,1-2H3,(H,34,35). The Morgan fingerprint density at radius 1 is 1.08 bits per heavy atom. The van der Waals surface area contributed by atoms with E-state index >= 15 is 0 Å². The zero-order valence-electron chi connectivity index (χ0n) is 21.9. The lowest BCUT2D eigenvalue weighted by atomic mass is 9.59. The van der Waals surface area contributed by atoms with Gasteiger partial charge in [-0.15, -0.1) is 0 Å². The molecule has 9 heteroatoms. The summed E-state index contributed by atoms with van der Waals surface area (Å²) in [4.78, 5) is 65.7. The van der Waals surface area contributed by atoms with E-state index in [4.69, 9.17) is 9.84 Å². The Labute approximate surface area is 225 Å². The van der Waals surface area contributed by atoms with Gasteiger partial charge in [0.2, 0.25) is 11.8 Å². The van der Waals surface area contributed by atoms with Crippen molar-refractivity contribution in [2.75, 3.05) is 13.7 Å². The highest BCUT2D eigenvalue weighted by atomic mass is 16.5. The van der Waals surface area contributed by atoms with Crippen molar-refractivity contribution in [3.8, 4) is 11.5 Å². The second-order valence-corrected chi connectivity index (χ2v) is 10.7. The molecule has 2 amide bonds. The van der Waals surface area contributed by atoms with Crippen molar-refractivity contribution in [1.82, 2.24) is 4.90 Å². The van der Waals surface area contributed by atoms with Gasteiger partial charge >= 0.3 is 5.97 Å². The van der Waals surface area contributed by atoms with Crippen molar-refractivity contribution in [1.29, 1.82) is 0 Å². The fourth-order valence-corrected chi connectivity index (χ4v) is 6.62. The first-order valence-corrected chi connectivity index (χ1v) is 13.3. The molecule has 0 radical (unpaired) electrons. The van der Waals surface area contributed by atoms with E-state index in [2.05, 4.69) is 0 Å². The van der Waals surface area contributed by atoms with Crippen molar-refractivity contribution in [3.63, 3.8) is 0 Å². The van der Waals surface area contributed by atoms with Gasteiger partial charge in [0.15, 0.2) is 11.6 Å². The van der Waals surface area contributed by atoms with Crippen LogP contribution < -0.4 is 4.74 Å². The number of nitrogens with zero attached hydrogens (tertiary/aromatic N) is 1. The molecule has 4 aliphatic rings. The number of benzene rings is 1. The number of fused-ring (bicyclic) bond motifs is 3. The summed E-state index contributed by atoms with van der Waals surface area (Å²) >= 11 is 0. The minimum Gasteiger partial charge on any atom is -0.508 e. The molecule has 1 fully saturated rings. The van der Waals surface area contributed by atoms with E-state index in [-0.39, 0.29) is 48.5 Å². The van der Waals surface area contributed by atoms with Crippen LogP contribution in [0.3, 0.4) is 0 Å². The molecule has 204 valence electrons. The normalized spacial score (nSPS) is 26.2. The van der Waals surface area contributed by atoms with Gasteiger partial charge in [0.05, 0.1) is 18.9 Å². The van der Waals surface area contributed by atoms with Gasteiger partial charge in [-0.25, -0.2) is 0 Å². The Hall–Kier alpha value is -4.01. The first-order valence-electron chi connectivity index (χ1n) is 13.3. The summed E-state index contributed by atoms with van der Waals surface area (Å²) in [5, 5.41) is 19.7. The lowest BCUT2D eigenvalue weighted by molar-refractivity contribution is -0.141. The first kappa shape index (κ1) is 26.6. The number of unbranched alkanes of at least 4 members (excludes halogenated alkanes) is 2. The third-order valence-corrected chi connectivity index (χ3v) is 8.47. The number of ether oxygens (including phenoxy) is 1. The van der Waals surface area contributed by atoms with Gasteiger partial charge < -0.3 is 14.9 Å². The summed E-state index contributed by atoms with van der Waals surface area (Å²) < 4.78 is 5.38. The van der Waals surface area contributed by atoms with E-state index in [1.54, 1.807) is 19.1 Å².